The van der Waals surface area contributed by atoms with Crippen LogP contribution in [-0.2, 0) is 4.74 Å². The van der Waals surface area contributed by atoms with Crippen molar-refractivity contribution in [3.05, 3.63) is 28.2 Å². The van der Waals surface area contributed by atoms with Crippen LogP contribution in [0.1, 0.15) is 13.3 Å². The van der Waals surface area contributed by atoms with Crippen molar-refractivity contribution >= 4 is 23.2 Å². The van der Waals surface area contributed by atoms with E-state index < -0.39 is 0 Å². The van der Waals surface area contributed by atoms with Crippen molar-refractivity contribution in [2.45, 2.75) is 13.3 Å². The molecule has 0 aliphatic carbocycles. The van der Waals surface area contributed by atoms with Gasteiger partial charge in [-0.25, -0.2) is 0 Å². The van der Waals surface area contributed by atoms with Crippen LogP contribution in [0.25, 0.3) is 0 Å². The van der Waals surface area contributed by atoms with Gasteiger partial charge in [0.1, 0.15) is 17.4 Å². The van der Waals surface area contributed by atoms with Gasteiger partial charge in [0, 0.05) is 19.8 Å². The summed E-state index contributed by atoms with van der Waals surface area (Å²) in [7, 11) is 0. The monoisotopic (exact) mass is 291 g/mol. The molecule has 0 amide bonds. The molecule has 0 radical (unpaired) electrons. The Hall–Kier alpha value is -0.480. The predicted octanol–water partition coefficient (Wildman–Crippen LogP) is 3.39. The summed E-state index contributed by atoms with van der Waals surface area (Å²) >= 11 is 11.9. The Morgan fingerprint density at radius 1 is 1.17 bits per heavy atom. The van der Waals surface area contributed by atoms with Crippen LogP contribution in [0, 0.1) is 0 Å². The number of ether oxygens (including phenoxy) is 2. The first-order chi connectivity index (χ1) is 8.75. The van der Waals surface area contributed by atoms with Crippen LogP contribution in [0.15, 0.2) is 18.2 Å². The largest absolute Gasteiger partial charge is 0.491 e. The Kier molecular flexibility index (Phi) is 8.18. The summed E-state index contributed by atoms with van der Waals surface area (Å²) in [5.41, 5.74) is 0. The topological polar surface area (TPSA) is 30.5 Å². The van der Waals surface area contributed by atoms with Gasteiger partial charge in [0.25, 0.3) is 0 Å². The van der Waals surface area contributed by atoms with E-state index in [9.17, 15) is 0 Å². The van der Waals surface area contributed by atoms with Gasteiger partial charge in [-0.1, -0.05) is 29.3 Å². The summed E-state index contributed by atoms with van der Waals surface area (Å²) in [6, 6.07) is 5.37. The first kappa shape index (κ1) is 15.6. The lowest BCUT2D eigenvalue weighted by Crippen LogP contribution is -2.23. The first-order valence-corrected chi connectivity index (χ1v) is 6.86. The molecule has 0 unspecified atom stereocenters. The molecular weight excluding hydrogens is 273 g/mol. The maximum absolute atomic E-state index is 6.00. The Morgan fingerprint density at radius 3 is 2.78 bits per heavy atom. The fourth-order valence-electron chi connectivity index (χ4n) is 1.40. The van der Waals surface area contributed by atoms with Gasteiger partial charge in [0.2, 0.25) is 0 Å². The standard InChI is InChI=1S/C13H19Cl2NO2/c1-2-17-9-4-7-16-8-10-18-12-6-3-5-11(14)13(12)15/h3,5-6,16H,2,4,7-10H2,1H3. The second-order valence-electron chi connectivity index (χ2n) is 3.70. The molecule has 1 N–H and O–H groups in total. The van der Waals surface area contributed by atoms with Crippen molar-refractivity contribution in [1.82, 2.24) is 5.32 Å². The summed E-state index contributed by atoms with van der Waals surface area (Å²) in [5, 5.41) is 4.25. The van der Waals surface area contributed by atoms with E-state index in [4.69, 9.17) is 32.7 Å². The SMILES string of the molecule is CCOCCCNCCOc1cccc(Cl)c1Cl. The van der Waals surface area contributed by atoms with Crippen molar-refractivity contribution in [3.8, 4) is 5.75 Å². The summed E-state index contributed by atoms with van der Waals surface area (Å²) in [5.74, 6) is 0.625. The molecule has 0 atom stereocenters. The van der Waals surface area contributed by atoms with E-state index in [-0.39, 0.29) is 0 Å². The minimum atomic E-state index is 0.468. The van der Waals surface area contributed by atoms with E-state index in [1.54, 1.807) is 6.07 Å². The number of nitrogens with one attached hydrogen (secondary N) is 1. The smallest absolute Gasteiger partial charge is 0.139 e. The molecule has 18 heavy (non-hydrogen) atoms. The third-order valence-electron chi connectivity index (χ3n) is 2.30. The van der Waals surface area contributed by atoms with E-state index >= 15 is 0 Å². The maximum atomic E-state index is 6.00. The number of benzene rings is 1. The Labute approximate surface area is 118 Å². The molecule has 3 nitrogen and oxygen atoms in total. The number of halogens is 2. The molecule has 0 aromatic heterocycles. The first-order valence-electron chi connectivity index (χ1n) is 6.11. The highest BCUT2D eigenvalue weighted by atomic mass is 35.5. The van der Waals surface area contributed by atoms with Gasteiger partial charge in [-0.3, -0.25) is 0 Å². The molecule has 0 bridgehead atoms. The quantitative estimate of drug-likeness (QED) is 0.708. The predicted molar refractivity (Wildman–Crippen MR) is 75.9 cm³/mol. The summed E-state index contributed by atoms with van der Waals surface area (Å²) in [6.45, 7) is 5.83. The third kappa shape index (κ3) is 5.91. The molecule has 1 aromatic rings. The molecule has 102 valence electrons. The molecule has 1 rings (SSSR count). The molecule has 0 fully saturated rings. The summed E-state index contributed by atoms with van der Waals surface area (Å²) in [4.78, 5) is 0. The fraction of sp³-hybridized carbons (Fsp3) is 0.538. The minimum Gasteiger partial charge on any atom is -0.491 e. The molecule has 0 saturated carbocycles. The lowest BCUT2D eigenvalue weighted by molar-refractivity contribution is 0.144. The third-order valence-corrected chi connectivity index (χ3v) is 3.10. The number of hydrogen-bond acceptors (Lipinski definition) is 3. The number of hydrogen-bond donors (Lipinski definition) is 1. The lowest BCUT2D eigenvalue weighted by atomic mass is 10.3. The molecule has 0 spiro atoms. The van der Waals surface area contributed by atoms with Gasteiger partial charge < -0.3 is 14.8 Å². The highest BCUT2D eigenvalue weighted by Gasteiger charge is 2.04. The Balaban J connectivity index is 2.09. The molecular formula is C13H19Cl2NO2. The highest BCUT2D eigenvalue weighted by Crippen LogP contribution is 2.31. The summed E-state index contributed by atoms with van der Waals surface area (Å²) < 4.78 is 10.8. The number of rotatable bonds is 9. The lowest BCUT2D eigenvalue weighted by Gasteiger charge is -2.09. The zero-order valence-corrected chi connectivity index (χ0v) is 12.1. The second-order valence-corrected chi connectivity index (χ2v) is 4.49. The maximum Gasteiger partial charge on any atom is 0.139 e. The van der Waals surface area contributed by atoms with Gasteiger partial charge in [0.05, 0.1) is 5.02 Å². The van der Waals surface area contributed by atoms with Gasteiger partial charge in [-0.05, 0) is 32.0 Å². The van der Waals surface area contributed by atoms with Gasteiger partial charge in [-0.15, -0.1) is 0 Å². The van der Waals surface area contributed by atoms with Crippen molar-refractivity contribution in [2.24, 2.45) is 0 Å². The second kappa shape index (κ2) is 9.45. The van der Waals surface area contributed by atoms with Crippen LogP contribution < -0.4 is 10.1 Å². The van der Waals surface area contributed by atoms with Crippen LogP contribution in [0.3, 0.4) is 0 Å². The molecule has 0 aliphatic heterocycles. The Bertz CT molecular complexity index is 348. The Morgan fingerprint density at radius 2 is 2.00 bits per heavy atom. The van der Waals surface area contributed by atoms with Crippen molar-refractivity contribution in [2.75, 3.05) is 32.9 Å². The summed E-state index contributed by atoms with van der Waals surface area (Å²) in [6.07, 6.45) is 1.01. The van der Waals surface area contributed by atoms with E-state index in [0.717, 1.165) is 32.7 Å². The molecule has 5 heteroatoms. The fourth-order valence-corrected chi connectivity index (χ4v) is 1.74. The van der Waals surface area contributed by atoms with Crippen LogP contribution in [0.2, 0.25) is 10.0 Å². The zero-order valence-electron chi connectivity index (χ0n) is 10.5. The van der Waals surface area contributed by atoms with Crippen molar-refractivity contribution < 1.29 is 9.47 Å². The van der Waals surface area contributed by atoms with Crippen LogP contribution >= 0.6 is 23.2 Å². The average molecular weight is 292 g/mol. The van der Waals surface area contributed by atoms with E-state index in [2.05, 4.69) is 5.32 Å². The highest BCUT2D eigenvalue weighted by molar-refractivity contribution is 6.42. The minimum absolute atomic E-state index is 0.468. The van der Waals surface area contributed by atoms with Gasteiger partial charge in [-0.2, -0.15) is 0 Å². The molecule has 1 aromatic carbocycles. The molecule has 0 saturated heterocycles. The van der Waals surface area contributed by atoms with Gasteiger partial charge in [0.15, 0.2) is 0 Å². The molecule has 0 heterocycles. The van der Waals surface area contributed by atoms with Crippen LogP contribution in [-0.4, -0.2) is 32.9 Å². The van der Waals surface area contributed by atoms with E-state index in [1.807, 2.05) is 19.1 Å². The van der Waals surface area contributed by atoms with E-state index in [0.29, 0.717) is 22.4 Å². The van der Waals surface area contributed by atoms with Crippen LogP contribution in [0.5, 0.6) is 5.75 Å². The molecule has 0 aliphatic rings. The average Bonchev–Trinajstić information content (AvgIpc) is 2.37. The van der Waals surface area contributed by atoms with Crippen LogP contribution in [0.4, 0.5) is 0 Å². The zero-order chi connectivity index (χ0) is 13.2. The van der Waals surface area contributed by atoms with Crippen molar-refractivity contribution in [3.63, 3.8) is 0 Å². The van der Waals surface area contributed by atoms with Gasteiger partial charge >= 0.3 is 0 Å². The van der Waals surface area contributed by atoms with Crippen molar-refractivity contribution in [1.29, 1.82) is 0 Å². The normalized spacial score (nSPS) is 10.6. The van der Waals surface area contributed by atoms with E-state index in [1.165, 1.54) is 0 Å².